The molecular formula is C11H19N. The normalized spacial score (nSPS) is 52.8. The van der Waals surface area contributed by atoms with Gasteiger partial charge in [-0.1, -0.05) is 13.3 Å². The maximum Gasteiger partial charge on any atom is 0.0139 e. The molecule has 2 saturated carbocycles. The van der Waals surface area contributed by atoms with Crippen LogP contribution in [-0.2, 0) is 0 Å². The third-order valence-corrected chi connectivity index (χ3v) is 4.31. The molecule has 1 heterocycles. The second-order valence-corrected chi connectivity index (χ2v) is 5.19. The fourth-order valence-corrected chi connectivity index (χ4v) is 3.49. The summed E-state index contributed by atoms with van der Waals surface area (Å²) < 4.78 is 0. The van der Waals surface area contributed by atoms with Gasteiger partial charge in [0, 0.05) is 18.6 Å². The van der Waals surface area contributed by atoms with Crippen molar-refractivity contribution in [1.29, 1.82) is 0 Å². The molecular weight excluding hydrogens is 146 g/mol. The Morgan fingerprint density at radius 3 is 2.67 bits per heavy atom. The summed E-state index contributed by atoms with van der Waals surface area (Å²) in [5.41, 5.74) is 0. The van der Waals surface area contributed by atoms with Gasteiger partial charge < -0.3 is 0 Å². The van der Waals surface area contributed by atoms with Gasteiger partial charge in [0.1, 0.15) is 0 Å². The zero-order valence-electron chi connectivity index (χ0n) is 8.00. The highest BCUT2D eigenvalue weighted by atomic mass is 15.3. The Morgan fingerprint density at radius 1 is 1.17 bits per heavy atom. The van der Waals surface area contributed by atoms with E-state index in [0.717, 1.165) is 23.9 Å². The summed E-state index contributed by atoms with van der Waals surface area (Å²) in [6.07, 6.45) is 7.53. The van der Waals surface area contributed by atoms with E-state index in [-0.39, 0.29) is 0 Å². The number of rotatable bonds is 1. The molecule has 3 rings (SSSR count). The first-order valence-corrected chi connectivity index (χ1v) is 5.60. The predicted octanol–water partition coefficient (Wildman–Crippen LogP) is 2.27. The first kappa shape index (κ1) is 7.37. The fourth-order valence-electron chi connectivity index (χ4n) is 3.49. The van der Waals surface area contributed by atoms with Gasteiger partial charge in [-0.15, -0.1) is 0 Å². The van der Waals surface area contributed by atoms with E-state index in [9.17, 15) is 0 Å². The quantitative estimate of drug-likeness (QED) is 0.576. The van der Waals surface area contributed by atoms with Crippen LogP contribution in [0.1, 0.15) is 39.0 Å². The fraction of sp³-hybridized carbons (Fsp3) is 1.00. The van der Waals surface area contributed by atoms with Crippen LogP contribution in [0.25, 0.3) is 0 Å². The molecule has 0 bridgehead atoms. The van der Waals surface area contributed by atoms with Crippen molar-refractivity contribution in [3.63, 3.8) is 0 Å². The first-order valence-electron chi connectivity index (χ1n) is 5.60. The van der Waals surface area contributed by atoms with Crippen molar-refractivity contribution in [3.05, 3.63) is 0 Å². The minimum absolute atomic E-state index is 0.999. The summed E-state index contributed by atoms with van der Waals surface area (Å²) in [5, 5.41) is 0. The Bertz CT molecular complexity index is 183. The van der Waals surface area contributed by atoms with Gasteiger partial charge in [-0.3, -0.25) is 4.90 Å². The van der Waals surface area contributed by atoms with Gasteiger partial charge in [0.15, 0.2) is 0 Å². The van der Waals surface area contributed by atoms with Crippen LogP contribution in [0.4, 0.5) is 0 Å². The Hall–Kier alpha value is -0.0400. The molecule has 0 aromatic rings. The van der Waals surface area contributed by atoms with Crippen molar-refractivity contribution < 1.29 is 0 Å². The lowest BCUT2D eigenvalue weighted by atomic mass is 9.76. The zero-order valence-corrected chi connectivity index (χ0v) is 8.00. The molecule has 0 spiro atoms. The van der Waals surface area contributed by atoms with Crippen molar-refractivity contribution in [2.45, 2.75) is 51.1 Å². The van der Waals surface area contributed by atoms with Crippen LogP contribution in [0.2, 0.25) is 0 Å². The highest BCUT2D eigenvalue weighted by Crippen LogP contribution is 2.45. The first-order chi connectivity index (χ1) is 5.84. The van der Waals surface area contributed by atoms with E-state index >= 15 is 0 Å². The average Bonchev–Trinajstić information content (AvgIpc) is 2.29. The lowest BCUT2D eigenvalue weighted by Gasteiger charge is -2.54. The topological polar surface area (TPSA) is 3.24 Å². The molecule has 3 aliphatic rings. The van der Waals surface area contributed by atoms with Crippen molar-refractivity contribution >= 4 is 0 Å². The molecule has 2 aliphatic carbocycles. The van der Waals surface area contributed by atoms with E-state index in [2.05, 4.69) is 11.8 Å². The number of nitrogens with zero attached hydrogens (tertiary/aromatic N) is 1. The molecule has 1 heteroatoms. The van der Waals surface area contributed by atoms with Gasteiger partial charge in [0.25, 0.3) is 0 Å². The Morgan fingerprint density at radius 2 is 2.00 bits per heavy atom. The summed E-state index contributed by atoms with van der Waals surface area (Å²) in [4.78, 5) is 2.80. The Labute approximate surface area is 75.1 Å². The molecule has 1 saturated heterocycles. The van der Waals surface area contributed by atoms with Gasteiger partial charge in [-0.2, -0.15) is 0 Å². The number of hydrogen-bond donors (Lipinski definition) is 0. The number of fused-ring (bicyclic) bond motifs is 1. The molecule has 12 heavy (non-hydrogen) atoms. The summed E-state index contributed by atoms with van der Waals surface area (Å²) in [6, 6.07) is 2.03. The highest BCUT2D eigenvalue weighted by molar-refractivity contribution is 5.01. The molecule has 1 nitrogen and oxygen atoms in total. The maximum absolute atomic E-state index is 2.80. The van der Waals surface area contributed by atoms with Crippen LogP contribution in [0.15, 0.2) is 0 Å². The molecule has 2 atom stereocenters. The molecule has 0 N–H and O–H groups in total. The Balaban J connectivity index is 1.59. The van der Waals surface area contributed by atoms with Crippen molar-refractivity contribution in [1.82, 2.24) is 4.90 Å². The molecule has 0 aromatic carbocycles. The van der Waals surface area contributed by atoms with Gasteiger partial charge in [0.05, 0.1) is 0 Å². The van der Waals surface area contributed by atoms with Crippen LogP contribution < -0.4 is 0 Å². The van der Waals surface area contributed by atoms with Gasteiger partial charge in [-0.25, -0.2) is 0 Å². The van der Waals surface area contributed by atoms with E-state index in [1.807, 2.05) is 0 Å². The van der Waals surface area contributed by atoms with Crippen molar-refractivity contribution in [3.8, 4) is 0 Å². The molecule has 0 aromatic heterocycles. The monoisotopic (exact) mass is 165 g/mol. The predicted molar refractivity (Wildman–Crippen MR) is 50.0 cm³/mol. The molecule has 3 fully saturated rings. The molecule has 1 aliphatic heterocycles. The molecule has 0 radical (unpaired) electrons. The average molecular weight is 165 g/mol. The molecule has 2 unspecified atom stereocenters. The van der Waals surface area contributed by atoms with E-state index in [1.165, 1.54) is 38.6 Å². The largest absolute Gasteiger partial charge is 0.297 e. The highest BCUT2D eigenvalue weighted by Gasteiger charge is 2.47. The second-order valence-electron chi connectivity index (χ2n) is 5.19. The van der Waals surface area contributed by atoms with Crippen LogP contribution in [-0.4, -0.2) is 23.5 Å². The van der Waals surface area contributed by atoms with E-state index < -0.39 is 0 Å². The Kier molecular flexibility index (Phi) is 1.52. The standard InChI is InChI=1S/C11H19N/c1-8-5-10(6-8)12-7-9-3-2-4-11(9)12/h8-11H,2-7H2,1H3. The van der Waals surface area contributed by atoms with E-state index in [0.29, 0.717) is 0 Å². The van der Waals surface area contributed by atoms with E-state index in [4.69, 9.17) is 0 Å². The number of hydrogen-bond acceptors (Lipinski definition) is 1. The summed E-state index contributed by atoms with van der Waals surface area (Å²) in [5.74, 6) is 2.14. The third-order valence-electron chi connectivity index (χ3n) is 4.31. The maximum atomic E-state index is 2.80. The molecule has 68 valence electrons. The SMILES string of the molecule is CC1CC(N2CC3CCCC32)C1. The van der Waals surface area contributed by atoms with Crippen molar-refractivity contribution in [2.24, 2.45) is 11.8 Å². The minimum atomic E-state index is 0.999. The van der Waals surface area contributed by atoms with Crippen molar-refractivity contribution in [2.75, 3.05) is 6.54 Å². The second kappa shape index (κ2) is 2.47. The van der Waals surface area contributed by atoms with Crippen LogP contribution in [0.5, 0.6) is 0 Å². The van der Waals surface area contributed by atoms with Gasteiger partial charge in [-0.05, 0) is 37.5 Å². The molecule has 0 amide bonds. The minimum Gasteiger partial charge on any atom is -0.297 e. The van der Waals surface area contributed by atoms with Gasteiger partial charge >= 0.3 is 0 Å². The number of likely N-dealkylation sites (tertiary alicyclic amines) is 1. The van der Waals surface area contributed by atoms with Crippen LogP contribution in [0.3, 0.4) is 0 Å². The van der Waals surface area contributed by atoms with E-state index in [1.54, 1.807) is 0 Å². The zero-order chi connectivity index (χ0) is 8.13. The summed E-state index contributed by atoms with van der Waals surface area (Å²) >= 11 is 0. The smallest absolute Gasteiger partial charge is 0.0139 e. The lowest BCUT2D eigenvalue weighted by molar-refractivity contribution is -0.0479. The van der Waals surface area contributed by atoms with Crippen LogP contribution in [0, 0.1) is 11.8 Å². The lowest BCUT2D eigenvalue weighted by Crippen LogP contribution is -2.60. The van der Waals surface area contributed by atoms with Gasteiger partial charge in [0.2, 0.25) is 0 Å². The van der Waals surface area contributed by atoms with Crippen LogP contribution >= 0.6 is 0 Å². The summed E-state index contributed by atoms with van der Waals surface area (Å²) in [6.45, 7) is 3.84. The summed E-state index contributed by atoms with van der Waals surface area (Å²) in [7, 11) is 0. The third kappa shape index (κ3) is 0.891.